The number of carbonyl (C=O) groups excluding carboxylic acids is 2. The third-order valence-corrected chi connectivity index (χ3v) is 3.96. The molecule has 0 aliphatic heterocycles. The van der Waals surface area contributed by atoms with Crippen molar-refractivity contribution in [1.82, 2.24) is 15.8 Å². The molecule has 0 aliphatic rings. The Morgan fingerprint density at radius 3 is 2.76 bits per heavy atom. The Bertz CT molecular complexity index is 758. The van der Waals surface area contributed by atoms with Gasteiger partial charge in [-0.1, -0.05) is 28.1 Å². The van der Waals surface area contributed by atoms with Gasteiger partial charge in [-0.3, -0.25) is 10.2 Å². The van der Waals surface area contributed by atoms with Crippen LogP contribution in [0.3, 0.4) is 0 Å². The van der Waals surface area contributed by atoms with Crippen LogP contribution in [-0.2, 0) is 9.53 Å². The lowest BCUT2D eigenvalue weighted by Gasteiger charge is -2.19. The number of nitrogens with one attached hydrogen (secondary N) is 3. The van der Waals surface area contributed by atoms with E-state index in [0.29, 0.717) is 5.13 Å². The molecule has 9 heteroatoms. The summed E-state index contributed by atoms with van der Waals surface area (Å²) in [6, 6.07) is 7.75. The van der Waals surface area contributed by atoms with Crippen LogP contribution in [0.1, 0.15) is 20.8 Å². The second-order valence-corrected chi connectivity index (χ2v) is 7.85. The van der Waals surface area contributed by atoms with E-state index in [1.165, 1.54) is 11.3 Å². The predicted octanol–water partition coefficient (Wildman–Crippen LogP) is 3.54. The molecule has 2 amide bonds. The van der Waals surface area contributed by atoms with Crippen molar-refractivity contribution in [3.8, 4) is 11.3 Å². The normalized spacial score (nSPS) is 11.0. The molecule has 3 N–H and O–H groups in total. The van der Waals surface area contributed by atoms with Crippen molar-refractivity contribution in [2.75, 3.05) is 11.9 Å². The van der Waals surface area contributed by atoms with Crippen LogP contribution in [0, 0.1) is 0 Å². The van der Waals surface area contributed by atoms with Gasteiger partial charge in [-0.05, 0) is 32.9 Å². The summed E-state index contributed by atoms with van der Waals surface area (Å²) < 4.78 is 6.00. The van der Waals surface area contributed by atoms with E-state index in [2.05, 4.69) is 37.1 Å². The highest BCUT2D eigenvalue weighted by Crippen LogP contribution is 2.26. The zero-order valence-corrected chi connectivity index (χ0v) is 16.5. The Morgan fingerprint density at radius 2 is 2.08 bits per heavy atom. The summed E-state index contributed by atoms with van der Waals surface area (Å²) >= 11 is 4.75. The molecule has 1 aromatic carbocycles. The summed E-state index contributed by atoms with van der Waals surface area (Å²) in [6.07, 6.45) is -0.647. The molecule has 25 heavy (non-hydrogen) atoms. The summed E-state index contributed by atoms with van der Waals surface area (Å²) in [4.78, 5) is 27.7. The molecular formula is C16H19BrN4O3S. The molecular weight excluding hydrogens is 408 g/mol. The van der Waals surface area contributed by atoms with Crippen molar-refractivity contribution in [3.05, 3.63) is 34.1 Å². The average molecular weight is 427 g/mol. The number of thiazole rings is 1. The molecule has 1 aromatic heterocycles. The summed E-state index contributed by atoms with van der Waals surface area (Å²) in [5, 5.41) is 5.02. The van der Waals surface area contributed by atoms with Gasteiger partial charge in [0.15, 0.2) is 5.13 Å². The number of aromatic nitrogens is 1. The van der Waals surface area contributed by atoms with Crippen LogP contribution in [0.15, 0.2) is 34.1 Å². The van der Waals surface area contributed by atoms with E-state index < -0.39 is 11.7 Å². The molecule has 0 radical (unpaired) electrons. The fourth-order valence-corrected chi connectivity index (χ4v) is 2.91. The Hall–Kier alpha value is -1.97. The van der Waals surface area contributed by atoms with Gasteiger partial charge in [-0.15, -0.1) is 11.3 Å². The monoisotopic (exact) mass is 426 g/mol. The van der Waals surface area contributed by atoms with Gasteiger partial charge in [-0.25, -0.2) is 15.2 Å². The SMILES string of the molecule is CC(C)(C)OC(=O)NNCC(=O)Nc1nc(-c2cccc(Br)c2)cs1. The fourth-order valence-electron chi connectivity index (χ4n) is 1.78. The smallest absolute Gasteiger partial charge is 0.422 e. The molecule has 0 saturated carbocycles. The third-order valence-electron chi connectivity index (χ3n) is 2.71. The molecule has 7 nitrogen and oxygen atoms in total. The second-order valence-electron chi connectivity index (χ2n) is 6.08. The van der Waals surface area contributed by atoms with E-state index in [0.717, 1.165) is 15.7 Å². The number of hydrogen-bond donors (Lipinski definition) is 3. The van der Waals surface area contributed by atoms with Crippen LogP contribution in [0.4, 0.5) is 9.93 Å². The van der Waals surface area contributed by atoms with Crippen LogP contribution in [0.2, 0.25) is 0 Å². The highest BCUT2D eigenvalue weighted by Gasteiger charge is 2.16. The highest BCUT2D eigenvalue weighted by atomic mass is 79.9. The first-order valence-electron chi connectivity index (χ1n) is 7.46. The first-order valence-corrected chi connectivity index (χ1v) is 9.13. The zero-order chi connectivity index (χ0) is 18.4. The summed E-state index contributed by atoms with van der Waals surface area (Å²) in [5.41, 5.74) is 5.94. The Kier molecular flexibility index (Phi) is 6.51. The standard InChI is InChI=1S/C16H19BrN4O3S/c1-16(2,3)24-15(23)21-18-8-13(22)20-14-19-12(9-25-14)10-5-4-6-11(17)7-10/h4-7,9,18H,8H2,1-3H3,(H,21,23)(H,19,20,22). The minimum Gasteiger partial charge on any atom is -0.443 e. The number of carbonyl (C=O) groups is 2. The fraction of sp³-hybridized carbons (Fsp3) is 0.312. The lowest BCUT2D eigenvalue weighted by atomic mass is 10.2. The quantitative estimate of drug-likeness (QED) is 0.635. The first kappa shape index (κ1) is 19.4. The number of amides is 2. The van der Waals surface area contributed by atoms with Crippen LogP contribution >= 0.6 is 27.3 Å². The van der Waals surface area contributed by atoms with Crippen LogP contribution in [0.25, 0.3) is 11.3 Å². The number of hydrogen-bond acceptors (Lipinski definition) is 6. The maximum Gasteiger partial charge on any atom is 0.422 e. The van der Waals surface area contributed by atoms with E-state index in [-0.39, 0.29) is 12.5 Å². The summed E-state index contributed by atoms with van der Waals surface area (Å²) in [5.74, 6) is -0.328. The van der Waals surface area contributed by atoms with E-state index in [1.54, 1.807) is 20.8 Å². The molecule has 0 fully saturated rings. The molecule has 0 saturated heterocycles. The number of anilines is 1. The number of halogens is 1. The van der Waals surface area contributed by atoms with Crippen molar-refractivity contribution in [2.45, 2.75) is 26.4 Å². The number of hydrazine groups is 1. The van der Waals surface area contributed by atoms with Gasteiger partial charge in [0.05, 0.1) is 12.2 Å². The van der Waals surface area contributed by atoms with E-state index >= 15 is 0 Å². The predicted molar refractivity (Wildman–Crippen MR) is 101 cm³/mol. The minimum absolute atomic E-state index is 0.106. The molecule has 0 atom stereocenters. The molecule has 1 heterocycles. The summed E-state index contributed by atoms with van der Waals surface area (Å²) in [6.45, 7) is 5.16. The highest BCUT2D eigenvalue weighted by molar-refractivity contribution is 9.10. The van der Waals surface area contributed by atoms with Crippen LogP contribution in [-0.4, -0.2) is 29.1 Å². The van der Waals surface area contributed by atoms with Gasteiger partial charge in [0.1, 0.15) is 5.60 Å². The zero-order valence-electron chi connectivity index (χ0n) is 14.1. The van der Waals surface area contributed by atoms with Crippen LogP contribution < -0.4 is 16.2 Å². The molecule has 0 unspecified atom stereocenters. The molecule has 2 rings (SSSR count). The Balaban J connectivity index is 1.81. The lowest BCUT2D eigenvalue weighted by Crippen LogP contribution is -2.44. The van der Waals surface area contributed by atoms with Crippen molar-refractivity contribution in [3.63, 3.8) is 0 Å². The van der Waals surface area contributed by atoms with Gasteiger partial charge < -0.3 is 10.1 Å². The maximum absolute atomic E-state index is 11.9. The first-order chi connectivity index (χ1) is 11.7. The largest absolute Gasteiger partial charge is 0.443 e. The molecule has 0 bridgehead atoms. The molecule has 0 aliphatic carbocycles. The average Bonchev–Trinajstić information content (AvgIpc) is 2.93. The van der Waals surface area contributed by atoms with Crippen molar-refractivity contribution >= 4 is 44.4 Å². The van der Waals surface area contributed by atoms with Gasteiger partial charge in [0.25, 0.3) is 0 Å². The molecule has 0 spiro atoms. The van der Waals surface area contributed by atoms with Crippen LogP contribution in [0.5, 0.6) is 0 Å². The van der Waals surface area contributed by atoms with Gasteiger partial charge >= 0.3 is 6.09 Å². The van der Waals surface area contributed by atoms with Crippen molar-refractivity contribution in [2.24, 2.45) is 0 Å². The maximum atomic E-state index is 11.9. The second kappa shape index (κ2) is 8.41. The van der Waals surface area contributed by atoms with Gasteiger partial charge in [0.2, 0.25) is 5.91 Å². The lowest BCUT2D eigenvalue weighted by molar-refractivity contribution is -0.115. The number of rotatable bonds is 5. The number of benzene rings is 1. The van der Waals surface area contributed by atoms with E-state index in [1.807, 2.05) is 29.6 Å². The van der Waals surface area contributed by atoms with Crippen molar-refractivity contribution in [1.29, 1.82) is 0 Å². The molecule has 134 valence electrons. The number of nitrogens with zero attached hydrogens (tertiary/aromatic N) is 1. The minimum atomic E-state index is -0.647. The Morgan fingerprint density at radius 1 is 1.32 bits per heavy atom. The number of ether oxygens (including phenoxy) is 1. The van der Waals surface area contributed by atoms with Gasteiger partial charge in [0, 0.05) is 15.4 Å². The van der Waals surface area contributed by atoms with E-state index in [4.69, 9.17) is 4.74 Å². The van der Waals surface area contributed by atoms with Gasteiger partial charge in [-0.2, -0.15) is 0 Å². The molecule has 2 aromatic rings. The summed E-state index contributed by atoms with van der Waals surface area (Å²) in [7, 11) is 0. The Labute approximate surface area is 158 Å². The van der Waals surface area contributed by atoms with E-state index in [9.17, 15) is 9.59 Å². The topological polar surface area (TPSA) is 92.4 Å². The van der Waals surface area contributed by atoms with Crippen molar-refractivity contribution < 1.29 is 14.3 Å². The third kappa shape index (κ3) is 6.81.